The minimum Gasteiger partial charge on any atom is -0.318 e. The van der Waals surface area contributed by atoms with Crippen LogP contribution in [0, 0.1) is 6.92 Å². The Balaban J connectivity index is 2.23. The summed E-state index contributed by atoms with van der Waals surface area (Å²) in [6.45, 7) is 1.99. The van der Waals surface area contributed by atoms with Gasteiger partial charge in [0.05, 0.1) is 6.04 Å². The SMILES string of the molecule is Cc1ccc(C(=O)[C@@H](N)c2ccccc2)cc1. The molecule has 0 fully saturated rings. The zero-order chi connectivity index (χ0) is 12.3. The van der Waals surface area contributed by atoms with Gasteiger partial charge in [-0.15, -0.1) is 0 Å². The number of ketones is 1. The summed E-state index contributed by atoms with van der Waals surface area (Å²) in [5.74, 6) is -0.0452. The molecule has 0 saturated carbocycles. The van der Waals surface area contributed by atoms with Crippen molar-refractivity contribution >= 4 is 5.78 Å². The summed E-state index contributed by atoms with van der Waals surface area (Å²) in [5, 5.41) is 0. The summed E-state index contributed by atoms with van der Waals surface area (Å²) in [4.78, 5) is 12.1. The van der Waals surface area contributed by atoms with Gasteiger partial charge in [-0.05, 0) is 12.5 Å². The van der Waals surface area contributed by atoms with Crippen LogP contribution >= 0.6 is 0 Å². The molecule has 2 N–H and O–H groups in total. The van der Waals surface area contributed by atoms with Crippen LogP contribution in [-0.4, -0.2) is 5.78 Å². The highest BCUT2D eigenvalue weighted by molar-refractivity contribution is 6.00. The molecule has 0 aliphatic heterocycles. The lowest BCUT2D eigenvalue weighted by Crippen LogP contribution is -2.21. The van der Waals surface area contributed by atoms with Gasteiger partial charge in [0.2, 0.25) is 0 Å². The van der Waals surface area contributed by atoms with E-state index in [1.807, 2.05) is 61.5 Å². The molecule has 1 atom stereocenters. The second-order valence-corrected chi connectivity index (χ2v) is 4.12. The maximum Gasteiger partial charge on any atom is 0.184 e. The first-order valence-corrected chi connectivity index (χ1v) is 5.60. The minimum absolute atomic E-state index is 0.0452. The third kappa shape index (κ3) is 2.60. The van der Waals surface area contributed by atoms with E-state index in [-0.39, 0.29) is 5.78 Å². The average molecular weight is 225 g/mol. The number of carbonyl (C=O) groups excluding carboxylic acids is 1. The fourth-order valence-corrected chi connectivity index (χ4v) is 1.71. The van der Waals surface area contributed by atoms with Gasteiger partial charge in [-0.25, -0.2) is 0 Å². The van der Waals surface area contributed by atoms with Gasteiger partial charge in [0, 0.05) is 5.56 Å². The zero-order valence-electron chi connectivity index (χ0n) is 9.76. The average Bonchev–Trinajstić information content (AvgIpc) is 2.39. The molecule has 0 amide bonds. The van der Waals surface area contributed by atoms with E-state index in [4.69, 9.17) is 5.73 Å². The van der Waals surface area contributed by atoms with Crippen LogP contribution in [0.15, 0.2) is 54.6 Å². The Morgan fingerprint density at radius 1 is 1.00 bits per heavy atom. The molecule has 2 rings (SSSR count). The predicted octanol–water partition coefficient (Wildman–Crippen LogP) is 2.88. The van der Waals surface area contributed by atoms with Crippen molar-refractivity contribution in [3.63, 3.8) is 0 Å². The quantitative estimate of drug-likeness (QED) is 0.816. The smallest absolute Gasteiger partial charge is 0.184 e. The number of benzene rings is 2. The molecule has 0 saturated heterocycles. The normalized spacial score (nSPS) is 12.1. The summed E-state index contributed by atoms with van der Waals surface area (Å²) in [5.41, 5.74) is 8.60. The fourth-order valence-electron chi connectivity index (χ4n) is 1.71. The van der Waals surface area contributed by atoms with Crippen molar-refractivity contribution in [3.05, 3.63) is 71.3 Å². The topological polar surface area (TPSA) is 43.1 Å². The van der Waals surface area contributed by atoms with E-state index in [0.717, 1.165) is 11.1 Å². The van der Waals surface area contributed by atoms with Gasteiger partial charge in [-0.2, -0.15) is 0 Å². The van der Waals surface area contributed by atoms with Gasteiger partial charge >= 0.3 is 0 Å². The van der Waals surface area contributed by atoms with Gasteiger partial charge in [0.15, 0.2) is 5.78 Å². The Morgan fingerprint density at radius 2 is 1.59 bits per heavy atom. The van der Waals surface area contributed by atoms with Crippen molar-refractivity contribution in [3.8, 4) is 0 Å². The zero-order valence-corrected chi connectivity index (χ0v) is 9.76. The van der Waals surface area contributed by atoms with Crippen molar-refractivity contribution in [2.24, 2.45) is 5.73 Å². The van der Waals surface area contributed by atoms with Crippen LogP contribution in [0.1, 0.15) is 27.5 Å². The molecule has 0 heterocycles. The van der Waals surface area contributed by atoms with Crippen molar-refractivity contribution < 1.29 is 4.79 Å². The number of rotatable bonds is 3. The summed E-state index contributed by atoms with van der Waals surface area (Å²) in [6, 6.07) is 16.3. The Morgan fingerprint density at radius 3 is 2.18 bits per heavy atom. The number of hydrogen-bond donors (Lipinski definition) is 1. The third-order valence-electron chi connectivity index (χ3n) is 2.78. The molecule has 2 aromatic carbocycles. The third-order valence-corrected chi connectivity index (χ3v) is 2.78. The van der Waals surface area contributed by atoms with E-state index in [9.17, 15) is 4.79 Å². The van der Waals surface area contributed by atoms with Gasteiger partial charge in [0.25, 0.3) is 0 Å². The largest absolute Gasteiger partial charge is 0.318 e. The van der Waals surface area contributed by atoms with Crippen molar-refractivity contribution in [1.29, 1.82) is 0 Å². The number of nitrogens with two attached hydrogens (primary N) is 1. The van der Waals surface area contributed by atoms with Crippen molar-refractivity contribution in [2.75, 3.05) is 0 Å². The first-order valence-electron chi connectivity index (χ1n) is 5.60. The summed E-state index contributed by atoms with van der Waals surface area (Å²) in [7, 11) is 0. The van der Waals surface area contributed by atoms with Crippen LogP contribution in [0.2, 0.25) is 0 Å². The van der Waals surface area contributed by atoms with Gasteiger partial charge in [0.1, 0.15) is 0 Å². The summed E-state index contributed by atoms with van der Waals surface area (Å²) in [6.07, 6.45) is 0. The van der Waals surface area contributed by atoms with Crippen LogP contribution in [0.3, 0.4) is 0 Å². The van der Waals surface area contributed by atoms with E-state index in [2.05, 4.69) is 0 Å². The molecule has 0 aromatic heterocycles. The van der Waals surface area contributed by atoms with Gasteiger partial charge < -0.3 is 5.73 Å². The second-order valence-electron chi connectivity index (χ2n) is 4.12. The lowest BCUT2D eigenvalue weighted by Gasteiger charge is -2.10. The maximum absolute atomic E-state index is 12.1. The standard InChI is InChI=1S/C15H15NO/c1-11-7-9-13(10-8-11)15(17)14(16)12-5-3-2-4-6-12/h2-10,14H,16H2,1H3/t14-/m0/s1. The van der Waals surface area contributed by atoms with E-state index in [0.29, 0.717) is 5.56 Å². The summed E-state index contributed by atoms with van der Waals surface area (Å²) < 4.78 is 0. The van der Waals surface area contributed by atoms with Crippen LogP contribution in [0.4, 0.5) is 0 Å². The molecule has 0 radical (unpaired) electrons. The number of carbonyl (C=O) groups is 1. The molecule has 0 aliphatic rings. The number of hydrogen-bond acceptors (Lipinski definition) is 2. The van der Waals surface area contributed by atoms with Crippen LogP contribution in [0.25, 0.3) is 0 Å². The lowest BCUT2D eigenvalue weighted by atomic mass is 9.98. The maximum atomic E-state index is 12.1. The molecule has 0 spiro atoms. The highest BCUT2D eigenvalue weighted by Gasteiger charge is 2.16. The lowest BCUT2D eigenvalue weighted by molar-refractivity contribution is 0.0961. The fraction of sp³-hybridized carbons (Fsp3) is 0.133. The van der Waals surface area contributed by atoms with Crippen molar-refractivity contribution in [1.82, 2.24) is 0 Å². The van der Waals surface area contributed by atoms with Crippen LogP contribution < -0.4 is 5.73 Å². The molecule has 0 bridgehead atoms. The first-order chi connectivity index (χ1) is 8.18. The van der Waals surface area contributed by atoms with E-state index in [1.165, 1.54) is 0 Å². The van der Waals surface area contributed by atoms with E-state index >= 15 is 0 Å². The predicted molar refractivity (Wildman–Crippen MR) is 68.9 cm³/mol. The molecule has 17 heavy (non-hydrogen) atoms. The molecule has 2 nitrogen and oxygen atoms in total. The molecular weight excluding hydrogens is 210 g/mol. The minimum atomic E-state index is -0.584. The molecule has 0 unspecified atom stereocenters. The van der Waals surface area contributed by atoms with E-state index in [1.54, 1.807) is 0 Å². The molecule has 0 aliphatic carbocycles. The second kappa shape index (κ2) is 4.93. The Labute approximate surface area is 101 Å². The number of aryl methyl sites for hydroxylation is 1. The van der Waals surface area contributed by atoms with Gasteiger partial charge in [-0.1, -0.05) is 60.2 Å². The number of Topliss-reactive ketones (excluding diaryl/α,β-unsaturated/α-hetero) is 1. The highest BCUT2D eigenvalue weighted by Crippen LogP contribution is 2.16. The molecule has 2 aromatic rings. The Bertz CT molecular complexity index is 502. The van der Waals surface area contributed by atoms with Gasteiger partial charge in [-0.3, -0.25) is 4.79 Å². The molecule has 86 valence electrons. The monoisotopic (exact) mass is 225 g/mol. The molecule has 2 heteroatoms. The first kappa shape index (κ1) is 11.6. The van der Waals surface area contributed by atoms with Crippen LogP contribution in [-0.2, 0) is 0 Å². The Kier molecular flexibility index (Phi) is 3.35. The van der Waals surface area contributed by atoms with Crippen molar-refractivity contribution in [2.45, 2.75) is 13.0 Å². The van der Waals surface area contributed by atoms with Crippen LogP contribution in [0.5, 0.6) is 0 Å². The molecular formula is C15H15NO. The van der Waals surface area contributed by atoms with E-state index < -0.39 is 6.04 Å². The highest BCUT2D eigenvalue weighted by atomic mass is 16.1. The summed E-state index contributed by atoms with van der Waals surface area (Å²) >= 11 is 0. The Hall–Kier alpha value is -1.93.